The number of imidazole rings is 1. The van der Waals surface area contributed by atoms with E-state index in [-0.39, 0.29) is 28.3 Å². The van der Waals surface area contributed by atoms with Crippen LogP contribution in [0.25, 0.3) is 27.7 Å². The van der Waals surface area contributed by atoms with Gasteiger partial charge in [-0.1, -0.05) is 11.6 Å². The predicted octanol–water partition coefficient (Wildman–Crippen LogP) is 3.37. The number of sulfone groups is 1. The molecule has 160 valence electrons. The quantitative estimate of drug-likeness (QED) is 0.480. The summed E-state index contributed by atoms with van der Waals surface area (Å²) in [5.41, 5.74) is 1.24. The van der Waals surface area contributed by atoms with Crippen molar-refractivity contribution in [3.63, 3.8) is 0 Å². The van der Waals surface area contributed by atoms with Crippen LogP contribution >= 0.6 is 11.6 Å². The van der Waals surface area contributed by atoms with Crippen LogP contribution in [0.5, 0.6) is 0 Å². The highest BCUT2D eigenvalue weighted by molar-refractivity contribution is 7.91. The summed E-state index contributed by atoms with van der Waals surface area (Å²) in [5, 5.41) is 8.94. The number of rotatable bonds is 4. The lowest BCUT2D eigenvalue weighted by Gasteiger charge is -2.11. The number of aromatic amines is 1. The summed E-state index contributed by atoms with van der Waals surface area (Å²) in [4.78, 5) is 15.7. The molecule has 0 aliphatic heterocycles. The second kappa shape index (κ2) is 6.72. The SMILES string of the molecule is CS(=O)(=O)c1c(F)c(Cl)c(-c2ccc3nc(NC(=O)[C@@H]4C[C@@H]4F)cn3c2)c2cn[nH]c12. The lowest BCUT2D eigenvalue weighted by atomic mass is 10.0. The van der Waals surface area contributed by atoms with Crippen molar-refractivity contribution in [1.29, 1.82) is 0 Å². The highest BCUT2D eigenvalue weighted by Gasteiger charge is 2.43. The zero-order chi connectivity index (χ0) is 22.1. The first-order chi connectivity index (χ1) is 14.6. The van der Waals surface area contributed by atoms with E-state index in [2.05, 4.69) is 20.5 Å². The molecule has 1 aliphatic carbocycles. The molecule has 0 unspecified atom stereocenters. The first-order valence-electron chi connectivity index (χ1n) is 9.13. The van der Waals surface area contributed by atoms with Crippen molar-refractivity contribution in [3.8, 4) is 11.1 Å². The molecular formula is C19H14ClF2N5O3S. The van der Waals surface area contributed by atoms with Crippen molar-refractivity contribution in [1.82, 2.24) is 19.6 Å². The van der Waals surface area contributed by atoms with Gasteiger partial charge in [0.1, 0.15) is 16.7 Å². The number of halogens is 3. The minimum atomic E-state index is -3.91. The lowest BCUT2D eigenvalue weighted by Crippen LogP contribution is -2.15. The maximum Gasteiger partial charge on any atom is 0.231 e. The van der Waals surface area contributed by atoms with E-state index in [9.17, 15) is 22.0 Å². The average molecular weight is 466 g/mol. The van der Waals surface area contributed by atoms with Gasteiger partial charge in [0, 0.05) is 29.0 Å². The van der Waals surface area contributed by atoms with E-state index in [0.29, 0.717) is 16.6 Å². The van der Waals surface area contributed by atoms with E-state index in [1.807, 2.05) is 0 Å². The Morgan fingerprint density at radius 1 is 1.35 bits per heavy atom. The summed E-state index contributed by atoms with van der Waals surface area (Å²) in [6.07, 6.45) is 4.50. The van der Waals surface area contributed by atoms with Crippen molar-refractivity contribution in [2.45, 2.75) is 17.5 Å². The Balaban J connectivity index is 1.62. The molecule has 0 saturated heterocycles. The number of amides is 1. The number of alkyl halides is 1. The normalized spacial score (nSPS) is 18.6. The fourth-order valence-electron chi connectivity index (χ4n) is 3.57. The Labute approximate surface area is 179 Å². The Morgan fingerprint density at radius 2 is 2.10 bits per heavy atom. The number of fused-ring (bicyclic) bond motifs is 2. The Kier molecular flexibility index (Phi) is 4.31. The number of anilines is 1. The van der Waals surface area contributed by atoms with Gasteiger partial charge in [-0.15, -0.1) is 0 Å². The topological polar surface area (TPSA) is 109 Å². The number of nitrogens with zero attached hydrogens (tertiary/aromatic N) is 3. The second-order valence-corrected chi connectivity index (χ2v) is 9.75. The molecule has 31 heavy (non-hydrogen) atoms. The molecule has 1 fully saturated rings. The molecule has 0 radical (unpaired) electrons. The highest BCUT2D eigenvalue weighted by atomic mass is 35.5. The number of nitrogens with one attached hydrogen (secondary N) is 2. The number of benzene rings is 1. The van der Waals surface area contributed by atoms with Gasteiger partial charge in [-0.05, 0) is 18.6 Å². The largest absolute Gasteiger partial charge is 0.309 e. The van der Waals surface area contributed by atoms with E-state index in [0.717, 1.165) is 6.26 Å². The van der Waals surface area contributed by atoms with Crippen molar-refractivity contribution < 1.29 is 22.0 Å². The van der Waals surface area contributed by atoms with Gasteiger partial charge in [0.05, 0.1) is 28.9 Å². The molecule has 4 aromatic rings. The molecule has 1 aliphatic rings. The van der Waals surface area contributed by atoms with Crippen LogP contribution < -0.4 is 5.32 Å². The van der Waals surface area contributed by atoms with Gasteiger partial charge in [0.2, 0.25) is 5.91 Å². The summed E-state index contributed by atoms with van der Waals surface area (Å²) in [6, 6.07) is 3.27. The van der Waals surface area contributed by atoms with Gasteiger partial charge in [-0.25, -0.2) is 22.2 Å². The van der Waals surface area contributed by atoms with E-state index < -0.39 is 38.5 Å². The van der Waals surface area contributed by atoms with Gasteiger partial charge >= 0.3 is 0 Å². The highest BCUT2D eigenvalue weighted by Crippen LogP contribution is 2.40. The smallest absolute Gasteiger partial charge is 0.231 e. The molecule has 1 aromatic carbocycles. The Morgan fingerprint density at radius 3 is 2.77 bits per heavy atom. The van der Waals surface area contributed by atoms with Crippen molar-refractivity contribution in [3.05, 3.63) is 41.6 Å². The molecule has 3 heterocycles. The molecule has 1 saturated carbocycles. The zero-order valence-electron chi connectivity index (χ0n) is 15.9. The fraction of sp³-hybridized carbons (Fsp3) is 0.211. The van der Waals surface area contributed by atoms with Crippen LogP contribution in [0.2, 0.25) is 5.02 Å². The number of H-pyrrole nitrogens is 1. The lowest BCUT2D eigenvalue weighted by molar-refractivity contribution is -0.117. The van der Waals surface area contributed by atoms with Crippen LogP contribution in [-0.2, 0) is 14.6 Å². The Bertz CT molecular complexity index is 1500. The Hall–Kier alpha value is -3.05. The third-order valence-corrected chi connectivity index (χ3v) is 6.64. The average Bonchev–Trinajstić information content (AvgIpc) is 3.07. The number of pyridine rings is 1. The number of carbonyl (C=O) groups is 1. The van der Waals surface area contributed by atoms with Gasteiger partial charge in [0.25, 0.3) is 0 Å². The third kappa shape index (κ3) is 3.24. The van der Waals surface area contributed by atoms with Crippen LogP contribution in [0.15, 0.2) is 35.6 Å². The monoisotopic (exact) mass is 465 g/mol. The van der Waals surface area contributed by atoms with E-state index >= 15 is 0 Å². The first kappa shape index (κ1) is 19.9. The van der Waals surface area contributed by atoms with Crippen molar-refractivity contribution >= 4 is 49.7 Å². The van der Waals surface area contributed by atoms with Crippen molar-refractivity contribution in [2.24, 2.45) is 5.92 Å². The zero-order valence-corrected chi connectivity index (χ0v) is 17.4. The first-order valence-corrected chi connectivity index (χ1v) is 11.4. The van der Waals surface area contributed by atoms with Gasteiger partial charge < -0.3 is 9.72 Å². The molecular weight excluding hydrogens is 452 g/mol. The number of hydrogen-bond donors (Lipinski definition) is 2. The molecule has 1 amide bonds. The summed E-state index contributed by atoms with van der Waals surface area (Å²) < 4.78 is 53.8. The van der Waals surface area contributed by atoms with E-state index in [1.54, 1.807) is 22.7 Å². The summed E-state index contributed by atoms with van der Waals surface area (Å²) in [7, 11) is -3.91. The third-order valence-electron chi connectivity index (χ3n) is 5.16. The maximum absolute atomic E-state index is 15.0. The van der Waals surface area contributed by atoms with Crippen LogP contribution in [0.4, 0.5) is 14.6 Å². The minimum absolute atomic E-state index is 0.0169. The standard InChI is InChI=1S/C19H14ClF2N5O3S/c1-31(29,30)18-16(22)15(20)14(10-5-23-26-17(10)18)8-2-3-13-24-12(7-27(13)6-8)25-19(28)9-4-11(9)21/h2-3,5-7,9,11H,4H2,1H3,(H,23,26)(H,25,28)/t9-,11+/m1/s1. The molecule has 2 N–H and O–H groups in total. The number of carbonyl (C=O) groups excluding carboxylic acids is 1. The van der Waals surface area contributed by atoms with Crippen LogP contribution in [0.3, 0.4) is 0 Å². The minimum Gasteiger partial charge on any atom is -0.309 e. The second-order valence-electron chi connectivity index (χ2n) is 7.42. The van der Waals surface area contributed by atoms with E-state index in [1.165, 1.54) is 12.4 Å². The van der Waals surface area contributed by atoms with Gasteiger partial charge in [0.15, 0.2) is 21.5 Å². The number of aromatic nitrogens is 4. The molecule has 0 spiro atoms. The molecule has 8 nitrogen and oxygen atoms in total. The molecule has 0 bridgehead atoms. The van der Waals surface area contributed by atoms with Gasteiger partial charge in [-0.2, -0.15) is 5.10 Å². The van der Waals surface area contributed by atoms with Crippen LogP contribution in [0.1, 0.15) is 6.42 Å². The van der Waals surface area contributed by atoms with Gasteiger partial charge in [-0.3, -0.25) is 9.89 Å². The van der Waals surface area contributed by atoms with Crippen LogP contribution in [-0.4, -0.2) is 46.3 Å². The number of hydrogen-bond acceptors (Lipinski definition) is 5. The summed E-state index contributed by atoms with van der Waals surface area (Å²) in [6.45, 7) is 0. The summed E-state index contributed by atoms with van der Waals surface area (Å²) in [5.74, 6) is -1.90. The predicted molar refractivity (Wildman–Crippen MR) is 110 cm³/mol. The fourth-order valence-corrected chi connectivity index (χ4v) is 4.89. The van der Waals surface area contributed by atoms with Crippen molar-refractivity contribution in [2.75, 3.05) is 11.6 Å². The van der Waals surface area contributed by atoms with Crippen LogP contribution in [0, 0.1) is 11.7 Å². The maximum atomic E-state index is 15.0. The van der Waals surface area contributed by atoms with E-state index in [4.69, 9.17) is 11.6 Å². The molecule has 2 atom stereocenters. The molecule has 3 aromatic heterocycles. The summed E-state index contributed by atoms with van der Waals surface area (Å²) >= 11 is 6.26. The molecule has 12 heteroatoms. The molecule has 5 rings (SSSR count).